The molecule has 1 aromatic carbocycles. The van der Waals surface area contributed by atoms with Crippen LogP contribution in [0.15, 0.2) is 29.0 Å². The number of rotatable bonds is 2. The zero-order valence-electron chi connectivity index (χ0n) is 22.1. The number of hydrogen-bond acceptors (Lipinski definition) is 8. The Hall–Kier alpha value is -3.17. The molecule has 1 amide bonds. The number of carbonyl (C=O) groups is 3. The van der Waals surface area contributed by atoms with Crippen molar-refractivity contribution in [2.24, 2.45) is 46.7 Å². The van der Waals surface area contributed by atoms with Gasteiger partial charge >= 0.3 is 0 Å². The zero-order valence-corrected chi connectivity index (χ0v) is 22.1. The fourth-order valence-electron chi connectivity index (χ4n) is 10.9. The van der Waals surface area contributed by atoms with Gasteiger partial charge in [-0.05, 0) is 84.2 Å². The molecule has 0 aromatic heterocycles. The fraction of sp³-hybridized carbons (Fsp3) is 0.581. The number of carbonyl (C=O) groups excluding carboxylic acids is 3. The SMILES string of the molecule is C[C@H]1c2ccc(C3CC45C6CC(CC4C6)CC35)c(O)c2C(O)=C2C(=O)[C@]3(O)C(O)=C(C(N)=O)C(=O)C[C@@H]3[C@@H](O)[C@@H]21. The van der Waals surface area contributed by atoms with E-state index in [0.717, 1.165) is 36.2 Å². The molecule has 1 aromatic rings. The molecule has 40 heavy (non-hydrogen) atoms. The van der Waals surface area contributed by atoms with E-state index in [1.165, 1.54) is 19.3 Å². The molecule has 7 N–H and O–H groups in total. The molecule has 0 saturated heterocycles. The highest BCUT2D eigenvalue weighted by molar-refractivity contribution is 6.23. The molecule has 7 saturated carbocycles. The van der Waals surface area contributed by atoms with E-state index in [9.17, 15) is 39.9 Å². The van der Waals surface area contributed by atoms with Crippen molar-refractivity contribution in [3.8, 4) is 5.75 Å². The lowest BCUT2D eigenvalue weighted by molar-refractivity contribution is -0.266. The Labute approximate surface area is 230 Å². The van der Waals surface area contributed by atoms with Gasteiger partial charge in [-0.25, -0.2) is 0 Å². The number of primary amides is 1. The van der Waals surface area contributed by atoms with Crippen LogP contribution in [0.5, 0.6) is 5.75 Å². The second-order valence-electron chi connectivity index (χ2n) is 13.7. The number of fused-ring (bicyclic) bond motifs is 3. The molecule has 10 rings (SSSR count). The Morgan fingerprint density at radius 3 is 2.35 bits per heavy atom. The van der Waals surface area contributed by atoms with E-state index < -0.39 is 70.4 Å². The van der Waals surface area contributed by atoms with Crippen molar-refractivity contribution in [2.75, 3.05) is 0 Å². The number of hydrogen-bond donors (Lipinski definition) is 6. The minimum absolute atomic E-state index is 0.0874. The standard InChI is InChI=1S/C31H33NO8/c1-10-14-2-3-15(16-9-30-12-4-11(6-17(16)30)5-13(30)7-12)24(34)21(14)26(36)23-20(10)25(35)18-8-19(33)22(29(32)39)27(37)31(18,40)28(23)38/h2-3,10-13,16-18,20,25,34-37,40H,4-9H2,1H3,(H2,32,39)/t10-,11?,12?,13?,16?,17?,18+,20+,25+,30?,31+/m0/s1. The van der Waals surface area contributed by atoms with Gasteiger partial charge in [0.1, 0.15) is 22.8 Å². The molecular weight excluding hydrogens is 514 g/mol. The number of phenols is 1. The highest BCUT2D eigenvalue weighted by atomic mass is 16.4. The summed E-state index contributed by atoms with van der Waals surface area (Å²) in [5, 5.41) is 56.9. The molecule has 7 fully saturated rings. The molecule has 1 spiro atoms. The molecule has 9 aliphatic carbocycles. The summed E-state index contributed by atoms with van der Waals surface area (Å²) in [6.07, 6.45) is 4.05. The molecule has 9 atom stereocenters. The van der Waals surface area contributed by atoms with Crippen LogP contribution >= 0.6 is 0 Å². The largest absolute Gasteiger partial charge is 0.508 e. The highest BCUT2D eigenvalue weighted by Gasteiger charge is 2.72. The van der Waals surface area contributed by atoms with Gasteiger partial charge in [0.15, 0.2) is 11.4 Å². The minimum Gasteiger partial charge on any atom is -0.508 e. The van der Waals surface area contributed by atoms with Gasteiger partial charge in [-0.15, -0.1) is 0 Å². The maximum Gasteiger partial charge on any atom is 0.255 e. The smallest absolute Gasteiger partial charge is 0.255 e. The summed E-state index contributed by atoms with van der Waals surface area (Å²) in [7, 11) is 0. The molecular formula is C31H33NO8. The van der Waals surface area contributed by atoms with Crippen LogP contribution in [-0.4, -0.2) is 54.7 Å². The van der Waals surface area contributed by atoms with E-state index in [-0.39, 0.29) is 22.8 Å². The first kappa shape index (κ1) is 24.6. The molecule has 9 heteroatoms. The van der Waals surface area contributed by atoms with Crippen LogP contribution in [-0.2, 0) is 14.4 Å². The lowest BCUT2D eigenvalue weighted by Gasteiger charge is -2.77. The average molecular weight is 548 g/mol. The summed E-state index contributed by atoms with van der Waals surface area (Å²) in [5.41, 5.74) is 3.05. The van der Waals surface area contributed by atoms with Crippen molar-refractivity contribution < 1.29 is 39.9 Å². The van der Waals surface area contributed by atoms with Gasteiger partial charge in [-0.3, -0.25) is 14.4 Å². The van der Waals surface area contributed by atoms with Gasteiger partial charge in [0.2, 0.25) is 5.78 Å². The number of aliphatic hydroxyl groups is 4. The van der Waals surface area contributed by atoms with E-state index in [1.807, 2.05) is 12.1 Å². The third-order valence-electron chi connectivity index (χ3n) is 12.6. The van der Waals surface area contributed by atoms with Gasteiger partial charge in [0, 0.05) is 23.8 Å². The number of phenolic OH excluding ortho intramolecular Hbond substituents is 1. The van der Waals surface area contributed by atoms with Gasteiger partial charge in [0.25, 0.3) is 5.91 Å². The first-order valence-electron chi connectivity index (χ1n) is 14.4. The van der Waals surface area contributed by atoms with Crippen molar-refractivity contribution in [1.82, 2.24) is 0 Å². The summed E-state index contributed by atoms with van der Waals surface area (Å²) in [6.45, 7) is 1.76. The van der Waals surface area contributed by atoms with E-state index >= 15 is 0 Å². The number of nitrogens with two attached hydrogens (primary N) is 1. The molecule has 0 heterocycles. The van der Waals surface area contributed by atoms with Crippen LogP contribution in [0.25, 0.3) is 5.76 Å². The number of aromatic hydroxyl groups is 1. The number of benzene rings is 1. The lowest BCUT2D eigenvalue weighted by Crippen LogP contribution is -2.69. The summed E-state index contributed by atoms with van der Waals surface area (Å²) in [4.78, 5) is 38.4. The average Bonchev–Trinajstić information content (AvgIpc) is 2.89. The van der Waals surface area contributed by atoms with Crippen LogP contribution in [0.2, 0.25) is 0 Å². The summed E-state index contributed by atoms with van der Waals surface area (Å²) in [6, 6.07) is 3.76. The Kier molecular flexibility index (Phi) is 4.53. The number of Topliss-reactive ketones (excluding diaryl/α,β-unsaturated/α-hetero) is 2. The molecule has 210 valence electrons. The molecule has 4 bridgehead atoms. The fourth-order valence-corrected chi connectivity index (χ4v) is 10.9. The highest BCUT2D eigenvalue weighted by Crippen LogP contribution is 2.81. The molecule has 0 radical (unpaired) electrons. The van der Waals surface area contributed by atoms with Gasteiger partial charge in [0.05, 0.1) is 11.7 Å². The third kappa shape index (κ3) is 2.48. The second-order valence-corrected chi connectivity index (χ2v) is 13.7. The maximum atomic E-state index is 13.9. The van der Waals surface area contributed by atoms with Crippen molar-refractivity contribution in [1.29, 1.82) is 0 Å². The minimum atomic E-state index is -2.81. The Morgan fingerprint density at radius 2 is 1.68 bits per heavy atom. The predicted molar refractivity (Wildman–Crippen MR) is 140 cm³/mol. The van der Waals surface area contributed by atoms with E-state index in [4.69, 9.17) is 5.73 Å². The van der Waals surface area contributed by atoms with Crippen LogP contribution in [0.1, 0.15) is 74.0 Å². The lowest BCUT2D eigenvalue weighted by atomic mass is 9.27. The Bertz CT molecular complexity index is 1510. The summed E-state index contributed by atoms with van der Waals surface area (Å²) >= 11 is 0. The molecule has 9 aliphatic rings. The van der Waals surface area contributed by atoms with Crippen molar-refractivity contribution in [3.63, 3.8) is 0 Å². The predicted octanol–water partition coefficient (Wildman–Crippen LogP) is 2.50. The summed E-state index contributed by atoms with van der Waals surface area (Å²) < 4.78 is 0. The van der Waals surface area contributed by atoms with E-state index in [2.05, 4.69) is 0 Å². The van der Waals surface area contributed by atoms with Crippen molar-refractivity contribution in [3.05, 3.63) is 45.7 Å². The first-order chi connectivity index (χ1) is 18.9. The normalized spacial score (nSPS) is 46.1. The number of aliphatic hydroxyl groups excluding tert-OH is 3. The van der Waals surface area contributed by atoms with Crippen LogP contribution in [0.3, 0.4) is 0 Å². The summed E-state index contributed by atoms with van der Waals surface area (Å²) in [5.74, 6) is -5.14. The molecule has 9 nitrogen and oxygen atoms in total. The topological polar surface area (TPSA) is 178 Å². The molecule has 0 aliphatic heterocycles. The van der Waals surface area contributed by atoms with Crippen molar-refractivity contribution in [2.45, 2.75) is 69.0 Å². The monoisotopic (exact) mass is 547 g/mol. The van der Waals surface area contributed by atoms with Crippen LogP contribution < -0.4 is 5.73 Å². The third-order valence-corrected chi connectivity index (χ3v) is 12.6. The number of ketones is 2. The Balaban J connectivity index is 1.25. The van der Waals surface area contributed by atoms with Crippen LogP contribution in [0.4, 0.5) is 0 Å². The van der Waals surface area contributed by atoms with E-state index in [0.29, 0.717) is 16.9 Å². The zero-order chi connectivity index (χ0) is 28.2. The van der Waals surface area contributed by atoms with Crippen molar-refractivity contribution >= 4 is 23.2 Å². The number of amides is 1. The van der Waals surface area contributed by atoms with Gasteiger partial charge in [-0.1, -0.05) is 19.1 Å². The van der Waals surface area contributed by atoms with E-state index in [1.54, 1.807) is 6.92 Å². The second kappa shape index (κ2) is 7.36. The molecule has 4 unspecified atom stereocenters. The quantitative estimate of drug-likeness (QED) is 0.306. The maximum absolute atomic E-state index is 13.9. The van der Waals surface area contributed by atoms with Gasteiger partial charge in [-0.2, -0.15) is 0 Å². The van der Waals surface area contributed by atoms with Crippen LogP contribution in [0, 0.1) is 40.9 Å². The van der Waals surface area contributed by atoms with Gasteiger partial charge < -0.3 is 31.3 Å². The first-order valence-corrected chi connectivity index (χ1v) is 14.4. The Morgan fingerprint density at radius 1 is 1.00 bits per heavy atom.